The first-order valence-electron chi connectivity index (χ1n) is 10.4. The van der Waals surface area contributed by atoms with Crippen LogP contribution in [-0.4, -0.2) is 37.4 Å². The minimum atomic E-state index is -0.111. The van der Waals surface area contributed by atoms with E-state index in [0.29, 0.717) is 12.2 Å². The van der Waals surface area contributed by atoms with Gasteiger partial charge >= 0.3 is 0 Å². The topological polar surface area (TPSA) is 56.0 Å². The minimum Gasteiger partial charge on any atom is -0.336 e. The summed E-state index contributed by atoms with van der Waals surface area (Å²) in [6.45, 7) is 8.54. The maximum atomic E-state index is 13.1. The highest BCUT2D eigenvalue weighted by molar-refractivity contribution is 5.92. The van der Waals surface area contributed by atoms with Gasteiger partial charge in [0.15, 0.2) is 5.69 Å². The van der Waals surface area contributed by atoms with Crippen molar-refractivity contribution in [2.45, 2.75) is 34.2 Å². The predicted octanol–water partition coefficient (Wildman–Crippen LogP) is 4.56. The van der Waals surface area contributed by atoms with Crippen LogP contribution in [0.4, 0.5) is 0 Å². The fourth-order valence-corrected chi connectivity index (χ4v) is 3.85. The zero-order chi connectivity index (χ0) is 22.1. The summed E-state index contributed by atoms with van der Waals surface area (Å²) in [5, 5.41) is 9.30. The summed E-state index contributed by atoms with van der Waals surface area (Å²) in [5.41, 5.74) is 7.52. The lowest BCUT2D eigenvalue weighted by Gasteiger charge is -2.16. The van der Waals surface area contributed by atoms with Crippen molar-refractivity contribution < 1.29 is 4.79 Å². The van der Waals surface area contributed by atoms with Crippen LogP contribution in [0.3, 0.4) is 0 Å². The Kier molecular flexibility index (Phi) is 5.46. The minimum absolute atomic E-state index is 0.111. The smallest absolute Gasteiger partial charge is 0.274 e. The fraction of sp³-hybridized carbons (Fsp3) is 0.240. The van der Waals surface area contributed by atoms with E-state index in [1.54, 1.807) is 9.58 Å². The Balaban J connectivity index is 1.59. The van der Waals surface area contributed by atoms with E-state index in [4.69, 9.17) is 5.10 Å². The Hall–Kier alpha value is -3.67. The maximum Gasteiger partial charge on any atom is 0.274 e. The monoisotopic (exact) mass is 413 g/mol. The van der Waals surface area contributed by atoms with Crippen LogP contribution in [0.15, 0.2) is 60.7 Å². The first-order chi connectivity index (χ1) is 14.9. The molecule has 0 atom stereocenters. The van der Waals surface area contributed by atoms with Gasteiger partial charge in [-0.2, -0.15) is 10.2 Å². The van der Waals surface area contributed by atoms with Gasteiger partial charge in [-0.3, -0.25) is 4.79 Å². The number of benzene rings is 2. The molecule has 0 saturated heterocycles. The SMILES string of the molecule is Cc1ccccc1-n1nc(C)c(CN(C)C(=O)c2cc(C)n(-c3ccccc3)n2)c1C. The van der Waals surface area contributed by atoms with Gasteiger partial charge in [0.1, 0.15) is 0 Å². The van der Waals surface area contributed by atoms with Gasteiger partial charge in [-0.15, -0.1) is 0 Å². The molecule has 158 valence electrons. The summed E-state index contributed by atoms with van der Waals surface area (Å²) in [4.78, 5) is 14.8. The average Bonchev–Trinajstić information content (AvgIpc) is 3.29. The lowest BCUT2D eigenvalue weighted by molar-refractivity contribution is 0.0778. The highest BCUT2D eigenvalue weighted by Crippen LogP contribution is 2.22. The van der Waals surface area contributed by atoms with Crippen LogP contribution in [0.25, 0.3) is 11.4 Å². The Morgan fingerprint density at radius 1 is 0.903 bits per heavy atom. The van der Waals surface area contributed by atoms with E-state index in [2.05, 4.69) is 24.2 Å². The molecule has 0 radical (unpaired) electrons. The molecule has 2 heterocycles. The Labute approximate surface area is 182 Å². The van der Waals surface area contributed by atoms with Crippen LogP contribution in [0.2, 0.25) is 0 Å². The van der Waals surface area contributed by atoms with Gasteiger partial charge in [0.2, 0.25) is 0 Å². The Morgan fingerprint density at radius 3 is 2.29 bits per heavy atom. The molecule has 1 amide bonds. The van der Waals surface area contributed by atoms with E-state index >= 15 is 0 Å². The molecule has 0 N–H and O–H groups in total. The van der Waals surface area contributed by atoms with E-state index in [9.17, 15) is 4.79 Å². The third kappa shape index (κ3) is 3.89. The molecule has 0 spiro atoms. The number of nitrogens with zero attached hydrogens (tertiary/aromatic N) is 5. The number of hydrogen-bond donors (Lipinski definition) is 0. The second kappa shape index (κ2) is 8.22. The summed E-state index contributed by atoms with van der Waals surface area (Å²) in [5.74, 6) is -0.111. The molecule has 6 nitrogen and oxygen atoms in total. The molecule has 0 fully saturated rings. The van der Waals surface area contributed by atoms with Crippen molar-refractivity contribution in [3.8, 4) is 11.4 Å². The summed E-state index contributed by atoms with van der Waals surface area (Å²) in [6, 6.07) is 19.8. The zero-order valence-corrected chi connectivity index (χ0v) is 18.6. The Morgan fingerprint density at radius 2 is 1.58 bits per heavy atom. The summed E-state index contributed by atoms with van der Waals surface area (Å²) < 4.78 is 3.76. The summed E-state index contributed by atoms with van der Waals surface area (Å²) in [7, 11) is 1.81. The highest BCUT2D eigenvalue weighted by atomic mass is 16.2. The number of amides is 1. The van der Waals surface area contributed by atoms with Gasteiger partial charge in [0.05, 0.1) is 17.1 Å². The zero-order valence-electron chi connectivity index (χ0n) is 18.6. The second-order valence-electron chi connectivity index (χ2n) is 7.93. The van der Waals surface area contributed by atoms with E-state index in [-0.39, 0.29) is 5.91 Å². The lowest BCUT2D eigenvalue weighted by Crippen LogP contribution is -2.27. The largest absolute Gasteiger partial charge is 0.336 e. The van der Waals surface area contributed by atoms with Gasteiger partial charge in [0.25, 0.3) is 5.91 Å². The lowest BCUT2D eigenvalue weighted by atomic mass is 10.1. The van der Waals surface area contributed by atoms with Crippen molar-refractivity contribution in [1.82, 2.24) is 24.5 Å². The molecule has 4 aromatic rings. The van der Waals surface area contributed by atoms with E-state index < -0.39 is 0 Å². The standard InChI is InChI=1S/C25H27N5O/c1-17-11-9-10-14-24(17)30-20(4)22(19(3)26-30)16-28(5)25(31)23-15-18(2)29(27-23)21-12-7-6-8-13-21/h6-15H,16H2,1-5H3. The average molecular weight is 414 g/mol. The highest BCUT2D eigenvalue weighted by Gasteiger charge is 2.21. The summed E-state index contributed by atoms with van der Waals surface area (Å²) in [6.07, 6.45) is 0. The number of hydrogen-bond acceptors (Lipinski definition) is 3. The van der Waals surface area contributed by atoms with Crippen LogP contribution in [-0.2, 0) is 6.54 Å². The molecule has 4 rings (SSSR count). The molecule has 0 aliphatic heterocycles. The number of carbonyl (C=O) groups excluding carboxylic acids is 1. The molecule has 2 aromatic carbocycles. The van der Waals surface area contributed by atoms with Crippen LogP contribution in [0.1, 0.15) is 38.7 Å². The number of aromatic nitrogens is 4. The predicted molar refractivity (Wildman–Crippen MR) is 122 cm³/mol. The molecule has 0 bridgehead atoms. The van der Waals surface area contributed by atoms with Crippen molar-refractivity contribution in [3.05, 3.63) is 94.6 Å². The van der Waals surface area contributed by atoms with Gasteiger partial charge in [-0.1, -0.05) is 36.4 Å². The molecule has 2 aromatic heterocycles. The van der Waals surface area contributed by atoms with Crippen molar-refractivity contribution in [3.63, 3.8) is 0 Å². The molecule has 0 aliphatic carbocycles. The molecular formula is C25H27N5O. The van der Waals surface area contributed by atoms with Gasteiger partial charge < -0.3 is 4.90 Å². The normalized spacial score (nSPS) is 11.0. The van der Waals surface area contributed by atoms with Crippen molar-refractivity contribution in [2.75, 3.05) is 7.05 Å². The second-order valence-corrected chi connectivity index (χ2v) is 7.93. The van der Waals surface area contributed by atoms with Gasteiger partial charge in [-0.25, -0.2) is 9.36 Å². The molecular weight excluding hydrogens is 386 g/mol. The van der Waals surface area contributed by atoms with E-state index in [1.807, 2.05) is 81.0 Å². The van der Waals surface area contributed by atoms with Crippen LogP contribution in [0, 0.1) is 27.7 Å². The van der Waals surface area contributed by atoms with Gasteiger partial charge in [0, 0.05) is 30.5 Å². The maximum absolute atomic E-state index is 13.1. The van der Waals surface area contributed by atoms with Crippen molar-refractivity contribution in [1.29, 1.82) is 0 Å². The van der Waals surface area contributed by atoms with Crippen LogP contribution in [0.5, 0.6) is 0 Å². The third-order valence-electron chi connectivity index (χ3n) is 5.63. The third-order valence-corrected chi connectivity index (χ3v) is 5.63. The van der Waals surface area contributed by atoms with E-state index in [1.165, 1.54) is 0 Å². The van der Waals surface area contributed by atoms with Crippen molar-refractivity contribution >= 4 is 5.91 Å². The number of rotatable bonds is 5. The molecule has 0 aliphatic rings. The fourth-order valence-electron chi connectivity index (χ4n) is 3.85. The van der Waals surface area contributed by atoms with E-state index in [0.717, 1.165) is 39.6 Å². The Bertz CT molecular complexity index is 1240. The molecule has 6 heteroatoms. The quantitative estimate of drug-likeness (QED) is 0.482. The molecule has 31 heavy (non-hydrogen) atoms. The van der Waals surface area contributed by atoms with Gasteiger partial charge in [-0.05, 0) is 57.5 Å². The first kappa shape index (κ1) is 20.6. The number of carbonyl (C=O) groups is 1. The number of para-hydroxylation sites is 2. The van der Waals surface area contributed by atoms with Crippen LogP contribution >= 0.6 is 0 Å². The molecule has 0 unspecified atom stereocenters. The summed E-state index contributed by atoms with van der Waals surface area (Å²) >= 11 is 0. The van der Waals surface area contributed by atoms with Crippen molar-refractivity contribution in [2.24, 2.45) is 0 Å². The number of aryl methyl sites for hydroxylation is 3. The van der Waals surface area contributed by atoms with Crippen LogP contribution < -0.4 is 0 Å². The first-order valence-corrected chi connectivity index (χ1v) is 10.4. The molecule has 0 saturated carbocycles.